The van der Waals surface area contributed by atoms with Crippen molar-refractivity contribution in [3.05, 3.63) is 276 Å². The van der Waals surface area contributed by atoms with E-state index in [2.05, 4.69) is 349 Å². The molecule has 0 fully saturated rings. The van der Waals surface area contributed by atoms with Gasteiger partial charge >= 0.3 is 0 Å². The van der Waals surface area contributed by atoms with Gasteiger partial charge in [-0.3, -0.25) is 0 Å². The molecule has 4 heterocycles. The zero-order valence-electron chi connectivity index (χ0n) is 49.9. The lowest BCUT2D eigenvalue weighted by molar-refractivity contribution is -0.660. The molecule has 4 aromatic heterocycles. The Morgan fingerprint density at radius 1 is 0.333 bits per heavy atom. The minimum absolute atomic E-state index is 0.444. The first kappa shape index (κ1) is 56.7. The first-order valence-corrected chi connectivity index (χ1v) is 28.5. The van der Waals surface area contributed by atoms with Crippen molar-refractivity contribution in [2.75, 3.05) is 0 Å². The van der Waals surface area contributed by atoms with E-state index in [0.29, 0.717) is 11.8 Å². The normalized spacial score (nSPS) is 11.0. The van der Waals surface area contributed by atoms with Crippen molar-refractivity contribution in [2.45, 2.75) is 74.1 Å². The van der Waals surface area contributed by atoms with Gasteiger partial charge in [-0.15, -0.1) is 0 Å². The highest BCUT2D eigenvalue weighted by Crippen LogP contribution is 2.37. The zero-order chi connectivity index (χ0) is 57.3. The second-order valence-electron chi connectivity index (χ2n) is 22.0. The van der Waals surface area contributed by atoms with Gasteiger partial charge in [-0.1, -0.05) is 161 Å². The summed E-state index contributed by atoms with van der Waals surface area (Å²) in [5.41, 5.74) is 24.4. The maximum absolute atomic E-state index is 2.50. The lowest BCUT2D eigenvalue weighted by Crippen LogP contribution is -2.30. The minimum Gasteiger partial charge on any atom is -0.225 e. The zero-order valence-corrected chi connectivity index (χ0v) is 49.9. The number of fused-ring (bicyclic) bond motifs is 2. The molecule has 12 aromatic rings. The van der Waals surface area contributed by atoms with E-state index in [1.165, 1.54) is 118 Å². The topological polar surface area (TPSA) is 25.4 Å². The van der Waals surface area contributed by atoms with Gasteiger partial charge in [-0.2, -0.15) is 9.13 Å². The monoisotopic (exact) mass is 1060 g/mol. The molecule has 0 saturated carbocycles. The predicted molar refractivity (Wildman–Crippen MR) is 338 cm³/mol. The maximum Gasteiger partial charge on any atom is 0.295 e. The van der Waals surface area contributed by atoms with Gasteiger partial charge in [0.2, 0.25) is 11.4 Å². The minimum atomic E-state index is 0.444. The van der Waals surface area contributed by atoms with Crippen LogP contribution >= 0.6 is 0 Å². The van der Waals surface area contributed by atoms with Crippen LogP contribution in [0.3, 0.4) is 0 Å². The average Bonchev–Trinajstić information content (AvgIpc) is 4.06. The molecule has 0 aliphatic carbocycles. The third kappa shape index (κ3) is 12.1. The van der Waals surface area contributed by atoms with Crippen LogP contribution in [0.1, 0.15) is 78.5 Å². The molecule has 6 nitrogen and oxygen atoms in total. The van der Waals surface area contributed by atoms with Gasteiger partial charge in [-0.25, -0.2) is 18.3 Å². The number of imidazole rings is 2. The number of aromatic nitrogens is 6. The molecule has 406 valence electrons. The molecule has 12 rings (SSSR count). The van der Waals surface area contributed by atoms with E-state index < -0.39 is 0 Å². The van der Waals surface area contributed by atoms with E-state index in [9.17, 15) is 0 Å². The van der Waals surface area contributed by atoms with Gasteiger partial charge in [0.1, 0.15) is 25.5 Å². The number of aryl methyl sites for hydroxylation is 9. The Labute approximate surface area is 481 Å². The molecule has 0 aliphatic rings. The lowest BCUT2D eigenvalue weighted by atomic mass is 9.92. The summed E-state index contributed by atoms with van der Waals surface area (Å²) in [5.74, 6) is 3.33. The number of rotatable bonds is 8. The third-order valence-electron chi connectivity index (χ3n) is 15.6. The number of benzene rings is 8. The van der Waals surface area contributed by atoms with Crippen LogP contribution in [0.4, 0.5) is 0 Å². The highest BCUT2D eigenvalue weighted by Gasteiger charge is 2.31. The van der Waals surface area contributed by atoms with Crippen LogP contribution in [0.5, 0.6) is 0 Å². The molecular formula is C75H80N6+4. The molecule has 8 aromatic carbocycles. The van der Waals surface area contributed by atoms with Crippen molar-refractivity contribution in [3.8, 4) is 56.7 Å². The largest absolute Gasteiger partial charge is 0.295 e. The van der Waals surface area contributed by atoms with Gasteiger partial charge in [0.25, 0.3) is 11.6 Å². The maximum atomic E-state index is 2.50. The van der Waals surface area contributed by atoms with Crippen LogP contribution in [-0.4, -0.2) is 9.13 Å². The van der Waals surface area contributed by atoms with Crippen molar-refractivity contribution < 1.29 is 18.3 Å². The summed E-state index contributed by atoms with van der Waals surface area (Å²) in [6, 6.07) is 79.5. The summed E-state index contributed by atoms with van der Waals surface area (Å²) < 4.78 is 13.8. The predicted octanol–water partition coefficient (Wildman–Crippen LogP) is 16.4. The van der Waals surface area contributed by atoms with E-state index in [1.807, 2.05) is 6.07 Å². The quantitative estimate of drug-likeness (QED) is 0.136. The number of pyridine rings is 2. The Morgan fingerprint density at radius 3 is 1.19 bits per heavy atom. The molecule has 0 spiro atoms. The molecule has 81 heavy (non-hydrogen) atoms. The molecule has 0 unspecified atom stereocenters. The SMILES string of the molecule is Cc1ccc(-c2ccccc2C)[n+](C)c1.Cc1ccccc1-c1cccc[n+]1C.Cc1ccccc1-c1n(-c2c(C(C)C)cccc2C(C)C)c2ccccc2[n+]1C.Cc1ccccc1-c1n(-c2ccccc2)c2ccccc2[n+]1C. The second-order valence-corrected chi connectivity index (χ2v) is 22.0. The molecular weight excluding hydrogens is 985 g/mol. The first-order valence-electron chi connectivity index (χ1n) is 28.5. The Bertz CT molecular complexity index is 4050. The van der Waals surface area contributed by atoms with Gasteiger partial charge < -0.3 is 0 Å². The highest BCUT2D eigenvalue weighted by atomic mass is 15.2. The summed E-state index contributed by atoms with van der Waals surface area (Å²) in [7, 11) is 8.49. The Kier molecular flexibility index (Phi) is 17.8. The van der Waals surface area contributed by atoms with Crippen LogP contribution in [0.15, 0.2) is 237 Å². The fourth-order valence-corrected chi connectivity index (χ4v) is 11.3. The number of hydrogen-bond donors (Lipinski definition) is 0. The Balaban J connectivity index is 0.000000136. The standard InChI is InChI=1S/C27H31N2.C21H19N2.C14H16N.C13H14N/c1-18(2)21-14-11-15-22(19(3)4)26(21)29-25-17-10-9-16-24(25)28(6)27(29)23-13-8-7-12-20(23)5;1-16-10-6-7-13-18(16)21-22(2)19-14-8-9-15-20(19)23(21)17-11-4-3-5-12-17;1-11-8-9-14(15(3)10-11)13-7-5-4-6-12(13)2;1-11-7-3-4-8-12(11)13-9-5-6-10-14(13)2/h7-19H,1-6H3;3-15H,1-2H3;4-10H,1-3H3;3-10H,1-2H3/q4*+1. The van der Waals surface area contributed by atoms with Crippen LogP contribution in [0, 0.1) is 34.6 Å². The molecule has 6 heteroatoms. The first-order chi connectivity index (χ1) is 39.2. The van der Waals surface area contributed by atoms with Crippen LogP contribution in [-0.2, 0) is 28.2 Å². The molecule has 0 bridgehead atoms. The summed E-state index contributed by atoms with van der Waals surface area (Å²) in [6.45, 7) is 19.9. The number of para-hydroxylation sites is 6. The molecule has 0 radical (unpaired) electrons. The lowest BCUT2D eigenvalue weighted by Gasteiger charge is -2.18. The van der Waals surface area contributed by atoms with Crippen LogP contribution < -0.4 is 18.3 Å². The molecule has 0 saturated heterocycles. The molecule has 0 N–H and O–H groups in total. The average molecular weight is 1070 g/mol. The van der Waals surface area contributed by atoms with Crippen molar-refractivity contribution in [3.63, 3.8) is 0 Å². The van der Waals surface area contributed by atoms with E-state index in [4.69, 9.17) is 0 Å². The summed E-state index contributed by atoms with van der Waals surface area (Å²) in [5, 5.41) is 0. The van der Waals surface area contributed by atoms with Crippen LogP contribution in [0.2, 0.25) is 0 Å². The highest BCUT2D eigenvalue weighted by molar-refractivity contribution is 5.82. The van der Waals surface area contributed by atoms with Crippen molar-refractivity contribution >= 4 is 22.1 Å². The van der Waals surface area contributed by atoms with E-state index in [-0.39, 0.29) is 0 Å². The fraction of sp³-hybridized carbons (Fsp3) is 0.200. The van der Waals surface area contributed by atoms with Gasteiger partial charge in [0.15, 0.2) is 34.5 Å². The summed E-state index contributed by atoms with van der Waals surface area (Å²) in [6.07, 6.45) is 4.23. The molecule has 0 amide bonds. The van der Waals surface area contributed by atoms with E-state index in [0.717, 1.165) is 0 Å². The third-order valence-corrected chi connectivity index (χ3v) is 15.6. The fourth-order valence-electron chi connectivity index (χ4n) is 11.3. The van der Waals surface area contributed by atoms with Crippen LogP contribution in [0.25, 0.3) is 78.7 Å². The summed E-state index contributed by atoms with van der Waals surface area (Å²) >= 11 is 0. The van der Waals surface area contributed by atoms with Crippen molar-refractivity contribution in [2.24, 2.45) is 28.2 Å². The molecule has 0 aliphatic heterocycles. The van der Waals surface area contributed by atoms with Crippen molar-refractivity contribution in [1.29, 1.82) is 0 Å². The molecule has 0 atom stereocenters. The van der Waals surface area contributed by atoms with Crippen molar-refractivity contribution in [1.82, 2.24) is 9.13 Å². The van der Waals surface area contributed by atoms with Gasteiger partial charge in [-0.05, 0) is 142 Å². The number of hydrogen-bond acceptors (Lipinski definition) is 0. The Hall–Kier alpha value is -9.00. The van der Waals surface area contributed by atoms with Gasteiger partial charge in [0, 0.05) is 46.0 Å². The Morgan fingerprint density at radius 2 is 0.728 bits per heavy atom. The van der Waals surface area contributed by atoms with E-state index in [1.54, 1.807) is 0 Å². The smallest absolute Gasteiger partial charge is 0.225 e. The second kappa shape index (κ2) is 25.4. The summed E-state index contributed by atoms with van der Waals surface area (Å²) in [4.78, 5) is 0. The van der Waals surface area contributed by atoms with Gasteiger partial charge in [0.05, 0.1) is 25.2 Å². The van der Waals surface area contributed by atoms with E-state index >= 15 is 0 Å². The number of nitrogens with zero attached hydrogens (tertiary/aromatic N) is 6.